The van der Waals surface area contributed by atoms with Crippen molar-refractivity contribution in [2.24, 2.45) is 5.92 Å². The fraction of sp³-hybridized carbons (Fsp3) is 0.417. The number of urea groups is 1. The number of nitrogens with zero attached hydrogens (tertiary/aromatic N) is 1. The Kier molecular flexibility index (Phi) is 6.97. The normalized spacial score (nSPS) is 23.0. The van der Waals surface area contributed by atoms with Crippen LogP contribution in [0.2, 0.25) is 0 Å². The van der Waals surface area contributed by atoms with E-state index in [0.29, 0.717) is 12.0 Å². The second-order valence-electron chi connectivity index (χ2n) is 8.67. The number of esters is 1. The second kappa shape index (κ2) is 9.92. The summed E-state index contributed by atoms with van der Waals surface area (Å²) in [4.78, 5) is 52.0. The summed E-state index contributed by atoms with van der Waals surface area (Å²) in [6.45, 7) is 0.792. The summed E-state index contributed by atoms with van der Waals surface area (Å²) >= 11 is 1.42. The van der Waals surface area contributed by atoms with Crippen molar-refractivity contribution >= 4 is 35.2 Å². The largest absolute Gasteiger partial charge is 0.454 e. The highest BCUT2D eigenvalue weighted by atomic mass is 32.1. The van der Waals surface area contributed by atoms with Crippen LogP contribution in [0.3, 0.4) is 0 Å². The van der Waals surface area contributed by atoms with Crippen LogP contribution in [0, 0.1) is 11.7 Å². The number of amides is 4. The van der Waals surface area contributed by atoms with Crippen molar-refractivity contribution in [1.82, 2.24) is 15.5 Å². The minimum Gasteiger partial charge on any atom is -0.454 e. The molecule has 0 bridgehead atoms. The molecule has 2 fully saturated rings. The predicted octanol–water partition coefficient (Wildman–Crippen LogP) is 3.14. The number of hydrogen-bond acceptors (Lipinski definition) is 6. The lowest BCUT2D eigenvalue weighted by atomic mass is 9.73. The molecule has 1 saturated heterocycles. The number of carbonyl (C=O) groups excluding carboxylic acids is 4. The SMILES string of the molecule is C[C@@H]1CCCC[C@]12NC(=O)N(CC(=O)OCC(=O)N[C@@H](c1ccc(F)cc1)c1cccs1)C2=O. The molecule has 3 atom stereocenters. The fourth-order valence-electron chi connectivity index (χ4n) is 4.59. The number of rotatable bonds is 7. The summed E-state index contributed by atoms with van der Waals surface area (Å²) in [7, 11) is 0. The van der Waals surface area contributed by atoms with E-state index in [9.17, 15) is 23.6 Å². The molecule has 8 nitrogen and oxygen atoms in total. The van der Waals surface area contributed by atoms with Gasteiger partial charge in [0.15, 0.2) is 6.61 Å². The zero-order valence-electron chi connectivity index (χ0n) is 18.7. The Morgan fingerprint density at radius 3 is 2.71 bits per heavy atom. The molecular formula is C24H26FN3O5S. The van der Waals surface area contributed by atoms with Crippen LogP contribution in [0.15, 0.2) is 41.8 Å². The minimum absolute atomic E-state index is 0.0230. The quantitative estimate of drug-likeness (QED) is 0.461. The third-order valence-corrected chi connectivity index (χ3v) is 7.43. The molecule has 4 rings (SSSR count). The van der Waals surface area contributed by atoms with E-state index < -0.39 is 48.5 Å². The molecule has 1 aromatic heterocycles. The maximum atomic E-state index is 13.3. The molecule has 1 aromatic carbocycles. The minimum atomic E-state index is -0.962. The first-order chi connectivity index (χ1) is 16.3. The first-order valence-electron chi connectivity index (χ1n) is 11.2. The Morgan fingerprint density at radius 2 is 2.03 bits per heavy atom. The number of ether oxygens (including phenoxy) is 1. The van der Waals surface area contributed by atoms with Crippen LogP contribution in [0.1, 0.15) is 49.1 Å². The number of halogens is 1. The summed E-state index contributed by atoms with van der Waals surface area (Å²) in [6, 6.07) is 8.28. The molecule has 2 aromatic rings. The fourth-order valence-corrected chi connectivity index (χ4v) is 5.39. The smallest absolute Gasteiger partial charge is 0.326 e. The van der Waals surface area contributed by atoms with Gasteiger partial charge in [-0.1, -0.05) is 38.0 Å². The Hall–Kier alpha value is -3.27. The topological polar surface area (TPSA) is 105 Å². The number of carbonyl (C=O) groups is 4. The van der Waals surface area contributed by atoms with Crippen molar-refractivity contribution < 1.29 is 28.3 Å². The van der Waals surface area contributed by atoms with Crippen LogP contribution >= 0.6 is 11.3 Å². The van der Waals surface area contributed by atoms with Crippen LogP contribution in [0.4, 0.5) is 9.18 Å². The first-order valence-corrected chi connectivity index (χ1v) is 12.1. The zero-order valence-corrected chi connectivity index (χ0v) is 19.5. The van der Waals surface area contributed by atoms with Crippen LogP contribution in [-0.2, 0) is 19.1 Å². The van der Waals surface area contributed by atoms with Crippen molar-refractivity contribution in [2.45, 2.75) is 44.2 Å². The lowest BCUT2D eigenvalue weighted by Gasteiger charge is -2.36. The molecule has 10 heteroatoms. The van der Waals surface area contributed by atoms with Gasteiger partial charge in [-0.3, -0.25) is 19.3 Å². The highest BCUT2D eigenvalue weighted by Crippen LogP contribution is 2.38. The van der Waals surface area contributed by atoms with Crippen molar-refractivity contribution in [3.63, 3.8) is 0 Å². The van der Waals surface area contributed by atoms with E-state index in [4.69, 9.17) is 4.74 Å². The summed E-state index contributed by atoms with van der Waals surface area (Å²) < 4.78 is 18.4. The maximum Gasteiger partial charge on any atom is 0.326 e. The Labute approximate surface area is 200 Å². The Balaban J connectivity index is 1.34. The highest BCUT2D eigenvalue weighted by Gasteiger charge is 2.55. The zero-order chi connectivity index (χ0) is 24.3. The molecule has 34 heavy (non-hydrogen) atoms. The van der Waals surface area contributed by atoms with Crippen LogP contribution in [0.5, 0.6) is 0 Å². The molecular weight excluding hydrogens is 461 g/mol. The predicted molar refractivity (Wildman–Crippen MR) is 122 cm³/mol. The van der Waals surface area contributed by atoms with E-state index in [1.54, 1.807) is 12.1 Å². The Morgan fingerprint density at radius 1 is 1.26 bits per heavy atom. The second-order valence-corrected chi connectivity index (χ2v) is 9.65. The number of benzene rings is 1. The standard InChI is InChI=1S/C24H26FN3O5S/c1-15-5-2-3-11-24(15)22(31)28(23(32)27-24)13-20(30)33-14-19(29)26-21(18-6-4-12-34-18)16-7-9-17(25)10-8-16/h4,6-10,12,15,21H,2-3,5,11,13-14H2,1H3,(H,26,29)(H,27,32)/t15-,21+,24+/m1/s1. The average Bonchev–Trinajstić information content (AvgIpc) is 3.43. The van der Waals surface area contributed by atoms with Crippen LogP contribution in [-0.4, -0.2) is 47.4 Å². The molecule has 2 aliphatic rings. The van der Waals surface area contributed by atoms with E-state index in [1.807, 2.05) is 24.4 Å². The molecule has 0 unspecified atom stereocenters. The summed E-state index contributed by atoms with van der Waals surface area (Å²) in [5.41, 5.74) is -0.287. The van der Waals surface area contributed by atoms with Gasteiger partial charge in [0.2, 0.25) is 0 Å². The molecule has 2 heterocycles. The maximum absolute atomic E-state index is 13.3. The molecule has 2 N–H and O–H groups in total. The van der Waals surface area contributed by atoms with Crippen LogP contribution in [0.25, 0.3) is 0 Å². The van der Waals surface area contributed by atoms with Gasteiger partial charge in [0.25, 0.3) is 11.8 Å². The molecule has 180 valence electrons. The molecule has 1 spiro atoms. The van der Waals surface area contributed by atoms with Gasteiger partial charge < -0.3 is 15.4 Å². The third-order valence-electron chi connectivity index (χ3n) is 6.49. The lowest BCUT2D eigenvalue weighted by Crippen LogP contribution is -2.54. The highest BCUT2D eigenvalue weighted by molar-refractivity contribution is 7.10. The van der Waals surface area contributed by atoms with Gasteiger partial charge in [-0.25, -0.2) is 9.18 Å². The van der Waals surface area contributed by atoms with Gasteiger partial charge in [0.1, 0.15) is 17.9 Å². The summed E-state index contributed by atoms with van der Waals surface area (Å²) in [6.07, 6.45) is 3.19. The van der Waals surface area contributed by atoms with Gasteiger partial charge in [0, 0.05) is 4.88 Å². The van der Waals surface area contributed by atoms with Gasteiger partial charge in [-0.05, 0) is 47.9 Å². The van der Waals surface area contributed by atoms with Gasteiger partial charge in [-0.15, -0.1) is 11.3 Å². The van der Waals surface area contributed by atoms with Gasteiger partial charge in [-0.2, -0.15) is 0 Å². The van der Waals surface area contributed by atoms with E-state index in [-0.39, 0.29) is 11.7 Å². The van der Waals surface area contributed by atoms with Gasteiger partial charge >= 0.3 is 12.0 Å². The third kappa shape index (κ3) is 4.82. The molecule has 1 saturated carbocycles. The number of thiophene rings is 1. The lowest BCUT2D eigenvalue weighted by molar-refractivity contribution is -0.151. The van der Waals surface area contributed by atoms with Crippen molar-refractivity contribution in [3.05, 3.63) is 58.0 Å². The number of nitrogens with one attached hydrogen (secondary N) is 2. The van der Waals surface area contributed by atoms with Crippen LogP contribution < -0.4 is 10.6 Å². The van der Waals surface area contributed by atoms with Gasteiger partial charge in [0.05, 0.1) is 6.04 Å². The molecule has 4 amide bonds. The van der Waals surface area contributed by atoms with E-state index in [1.165, 1.54) is 23.5 Å². The monoisotopic (exact) mass is 487 g/mol. The Bertz CT molecular complexity index is 1070. The van der Waals surface area contributed by atoms with E-state index >= 15 is 0 Å². The number of imide groups is 1. The molecule has 0 radical (unpaired) electrons. The van der Waals surface area contributed by atoms with Crippen molar-refractivity contribution in [3.8, 4) is 0 Å². The van der Waals surface area contributed by atoms with Crippen molar-refractivity contribution in [2.75, 3.05) is 13.2 Å². The number of hydrogen-bond donors (Lipinski definition) is 2. The van der Waals surface area contributed by atoms with Crippen molar-refractivity contribution in [1.29, 1.82) is 0 Å². The summed E-state index contributed by atoms with van der Waals surface area (Å²) in [5, 5.41) is 7.42. The first kappa shape index (κ1) is 23.9. The molecule has 1 aliphatic heterocycles. The molecule has 1 aliphatic carbocycles. The summed E-state index contributed by atoms with van der Waals surface area (Å²) in [5.74, 6) is -2.25. The average molecular weight is 488 g/mol. The van der Waals surface area contributed by atoms with E-state index in [2.05, 4.69) is 10.6 Å². The van der Waals surface area contributed by atoms with E-state index in [0.717, 1.165) is 29.0 Å².